The van der Waals surface area contributed by atoms with Crippen molar-refractivity contribution in [1.82, 2.24) is 0 Å². The zero-order valence-electron chi connectivity index (χ0n) is 15.4. The van der Waals surface area contributed by atoms with E-state index in [9.17, 15) is 9.59 Å². The Kier molecular flexibility index (Phi) is 6.51. The maximum Gasteiger partial charge on any atom is 0.363 e. The predicted octanol–water partition coefficient (Wildman–Crippen LogP) is 5.05. The lowest BCUT2D eigenvalue weighted by Gasteiger charge is -2.11. The number of hydrogen-bond donors (Lipinski definition) is 0. The highest BCUT2D eigenvalue weighted by Gasteiger charge is 2.22. The van der Waals surface area contributed by atoms with Crippen molar-refractivity contribution in [2.45, 2.75) is 6.92 Å². The first kappa shape index (κ1) is 20.8. The first-order valence-corrected chi connectivity index (χ1v) is 9.55. The van der Waals surface area contributed by atoms with Crippen LogP contribution in [0.1, 0.15) is 18.1 Å². The van der Waals surface area contributed by atoms with Gasteiger partial charge in [0.15, 0.2) is 17.2 Å². The van der Waals surface area contributed by atoms with Crippen LogP contribution in [-0.2, 0) is 14.3 Å². The molecule has 0 atom stereocenters. The van der Waals surface area contributed by atoms with Crippen LogP contribution < -0.4 is 9.47 Å². The molecule has 3 rings (SSSR count). The van der Waals surface area contributed by atoms with Crippen molar-refractivity contribution < 1.29 is 23.8 Å². The van der Waals surface area contributed by atoms with Gasteiger partial charge in [-0.15, -0.1) is 0 Å². The van der Waals surface area contributed by atoms with E-state index in [1.54, 1.807) is 42.5 Å². The third-order valence-electron chi connectivity index (χ3n) is 3.73. The standard InChI is InChI=1S/C21H15BrClNO5/c1-12(25)28-20-16(22)9-14(11-18(20)27-2)10-17-21(26)29-19(24-17)8-5-13-3-6-15(23)7-4-13/h3-11H,1-2H3/b8-5+,17-10+. The van der Waals surface area contributed by atoms with E-state index in [2.05, 4.69) is 20.9 Å². The monoisotopic (exact) mass is 475 g/mol. The normalized spacial score (nSPS) is 14.8. The third-order valence-corrected chi connectivity index (χ3v) is 4.57. The summed E-state index contributed by atoms with van der Waals surface area (Å²) in [5.41, 5.74) is 1.64. The molecule has 1 heterocycles. The summed E-state index contributed by atoms with van der Waals surface area (Å²) < 4.78 is 16.1. The number of hydrogen-bond acceptors (Lipinski definition) is 6. The molecule has 0 amide bonds. The summed E-state index contributed by atoms with van der Waals surface area (Å²) in [6.45, 7) is 1.30. The Morgan fingerprint density at radius 3 is 2.55 bits per heavy atom. The Morgan fingerprint density at radius 2 is 1.90 bits per heavy atom. The van der Waals surface area contributed by atoms with Crippen molar-refractivity contribution in [3.63, 3.8) is 0 Å². The fourth-order valence-electron chi connectivity index (χ4n) is 2.46. The molecule has 0 saturated carbocycles. The number of carbonyl (C=O) groups is 2. The van der Waals surface area contributed by atoms with Crippen LogP contribution in [0.5, 0.6) is 11.5 Å². The van der Waals surface area contributed by atoms with Crippen LogP contribution in [0.3, 0.4) is 0 Å². The maximum atomic E-state index is 12.1. The minimum atomic E-state index is -0.570. The van der Waals surface area contributed by atoms with Gasteiger partial charge in [0.1, 0.15) is 0 Å². The van der Waals surface area contributed by atoms with Crippen molar-refractivity contribution in [3.05, 3.63) is 68.8 Å². The van der Waals surface area contributed by atoms with Crippen LogP contribution >= 0.6 is 27.5 Å². The fraction of sp³-hybridized carbons (Fsp3) is 0.0952. The number of carbonyl (C=O) groups excluding carboxylic acids is 2. The van der Waals surface area contributed by atoms with Crippen molar-refractivity contribution in [2.24, 2.45) is 4.99 Å². The summed E-state index contributed by atoms with van der Waals surface area (Å²) in [4.78, 5) is 27.6. The Bertz CT molecular complexity index is 1060. The Morgan fingerprint density at radius 1 is 1.17 bits per heavy atom. The molecule has 29 heavy (non-hydrogen) atoms. The maximum absolute atomic E-state index is 12.1. The number of aliphatic imine (C=N–C) groups is 1. The fourth-order valence-corrected chi connectivity index (χ4v) is 3.13. The lowest BCUT2D eigenvalue weighted by atomic mass is 10.1. The van der Waals surface area contributed by atoms with Gasteiger partial charge in [-0.05, 0) is 63.5 Å². The van der Waals surface area contributed by atoms with Gasteiger partial charge in [-0.3, -0.25) is 4.79 Å². The number of nitrogens with zero attached hydrogens (tertiary/aromatic N) is 1. The second-order valence-electron chi connectivity index (χ2n) is 5.88. The van der Waals surface area contributed by atoms with Gasteiger partial charge in [-0.1, -0.05) is 23.7 Å². The van der Waals surface area contributed by atoms with E-state index in [1.807, 2.05) is 12.1 Å². The molecule has 2 aromatic carbocycles. The molecule has 0 radical (unpaired) electrons. The highest BCUT2D eigenvalue weighted by Crippen LogP contribution is 2.37. The summed E-state index contributed by atoms with van der Waals surface area (Å²) in [6, 6.07) is 10.5. The summed E-state index contributed by atoms with van der Waals surface area (Å²) in [5, 5.41) is 0.637. The summed E-state index contributed by atoms with van der Waals surface area (Å²) >= 11 is 9.20. The number of halogens is 2. The van der Waals surface area contributed by atoms with Crippen molar-refractivity contribution in [3.8, 4) is 11.5 Å². The van der Waals surface area contributed by atoms with Crippen LogP contribution in [0.15, 0.2) is 57.6 Å². The van der Waals surface area contributed by atoms with Crippen LogP contribution in [0.4, 0.5) is 0 Å². The second-order valence-corrected chi connectivity index (χ2v) is 7.17. The third kappa shape index (κ3) is 5.34. The number of methoxy groups -OCH3 is 1. The first-order valence-electron chi connectivity index (χ1n) is 8.38. The topological polar surface area (TPSA) is 74.2 Å². The van der Waals surface area contributed by atoms with E-state index >= 15 is 0 Å². The highest BCUT2D eigenvalue weighted by molar-refractivity contribution is 9.10. The summed E-state index contributed by atoms with van der Waals surface area (Å²) in [7, 11) is 1.45. The smallest absolute Gasteiger partial charge is 0.363 e. The molecule has 0 aromatic heterocycles. The van der Waals surface area contributed by atoms with E-state index < -0.39 is 11.9 Å². The van der Waals surface area contributed by atoms with E-state index in [4.69, 9.17) is 25.8 Å². The van der Waals surface area contributed by atoms with Crippen molar-refractivity contribution in [2.75, 3.05) is 7.11 Å². The molecule has 1 aliphatic heterocycles. The van der Waals surface area contributed by atoms with Crippen LogP contribution in [0, 0.1) is 0 Å². The molecule has 6 nitrogen and oxygen atoms in total. The number of ether oxygens (including phenoxy) is 3. The van der Waals surface area contributed by atoms with Gasteiger partial charge in [-0.25, -0.2) is 9.79 Å². The van der Waals surface area contributed by atoms with Gasteiger partial charge >= 0.3 is 11.9 Å². The van der Waals surface area contributed by atoms with Gasteiger partial charge in [0, 0.05) is 18.0 Å². The second kappa shape index (κ2) is 9.07. The van der Waals surface area contributed by atoms with Gasteiger partial charge in [0.25, 0.3) is 0 Å². The molecule has 148 valence electrons. The molecule has 0 aliphatic carbocycles. The molecular weight excluding hydrogens is 462 g/mol. The molecule has 0 N–H and O–H groups in total. The van der Waals surface area contributed by atoms with Gasteiger partial charge in [0.2, 0.25) is 5.90 Å². The van der Waals surface area contributed by atoms with E-state index in [1.165, 1.54) is 14.0 Å². The van der Waals surface area contributed by atoms with Gasteiger partial charge < -0.3 is 14.2 Å². The van der Waals surface area contributed by atoms with E-state index in [0.29, 0.717) is 20.8 Å². The van der Waals surface area contributed by atoms with Crippen LogP contribution in [0.2, 0.25) is 5.02 Å². The average molecular weight is 477 g/mol. The Labute approximate surface area is 180 Å². The quantitative estimate of drug-likeness (QED) is 0.343. The lowest BCUT2D eigenvalue weighted by molar-refractivity contribution is -0.132. The summed E-state index contributed by atoms with van der Waals surface area (Å²) in [5.74, 6) is -0.277. The number of cyclic esters (lactones) is 1. The first-order chi connectivity index (χ1) is 13.9. The van der Waals surface area contributed by atoms with Crippen LogP contribution in [0.25, 0.3) is 12.2 Å². The molecule has 0 bridgehead atoms. The molecule has 0 fully saturated rings. The zero-order chi connectivity index (χ0) is 21.0. The minimum Gasteiger partial charge on any atom is -0.493 e. The molecular formula is C21H15BrClNO5. The highest BCUT2D eigenvalue weighted by atomic mass is 79.9. The molecule has 0 saturated heterocycles. The van der Waals surface area contributed by atoms with E-state index in [-0.39, 0.29) is 17.3 Å². The predicted molar refractivity (Wildman–Crippen MR) is 114 cm³/mol. The van der Waals surface area contributed by atoms with E-state index in [0.717, 1.165) is 5.56 Å². The molecule has 8 heteroatoms. The molecule has 2 aromatic rings. The molecule has 0 spiro atoms. The number of rotatable bonds is 5. The number of benzene rings is 2. The van der Waals surface area contributed by atoms with Gasteiger partial charge in [-0.2, -0.15) is 0 Å². The molecule has 0 unspecified atom stereocenters. The SMILES string of the molecule is COc1cc(/C=C2N=C(/C=C/c3ccc(Cl)cc3)OC/2=O)cc(Br)c1OC(C)=O. The largest absolute Gasteiger partial charge is 0.493 e. The summed E-state index contributed by atoms with van der Waals surface area (Å²) in [6.07, 6.45) is 4.91. The Hall–Kier alpha value is -2.90. The van der Waals surface area contributed by atoms with Crippen LogP contribution in [-0.4, -0.2) is 24.9 Å². The number of esters is 2. The lowest BCUT2D eigenvalue weighted by Crippen LogP contribution is -2.04. The molecule has 1 aliphatic rings. The van der Waals surface area contributed by atoms with Gasteiger partial charge in [0.05, 0.1) is 11.6 Å². The van der Waals surface area contributed by atoms with Crippen molar-refractivity contribution in [1.29, 1.82) is 0 Å². The van der Waals surface area contributed by atoms with Crippen molar-refractivity contribution >= 4 is 57.5 Å². The zero-order valence-corrected chi connectivity index (χ0v) is 17.8. The average Bonchev–Trinajstić information content (AvgIpc) is 3.02. The minimum absolute atomic E-state index is 0.134. The Balaban J connectivity index is 1.86.